The van der Waals surface area contributed by atoms with Crippen LogP contribution in [0.1, 0.15) is 26.2 Å². The molecule has 1 saturated carbocycles. The summed E-state index contributed by atoms with van der Waals surface area (Å²) in [4.78, 5) is 23.2. The van der Waals surface area contributed by atoms with Gasteiger partial charge in [-0.25, -0.2) is 13.1 Å². The van der Waals surface area contributed by atoms with E-state index in [1.54, 1.807) is 0 Å². The SMILES string of the molecule is CCC1C[C@H](C(=O)NCCS(=O)(=O)NC)[C@H](C(=O)O)C1. The molecule has 0 saturated heterocycles. The van der Waals surface area contributed by atoms with Gasteiger partial charge in [0, 0.05) is 6.54 Å². The molecular formula is C12H22N2O5S. The van der Waals surface area contributed by atoms with Crippen molar-refractivity contribution in [3.63, 3.8) is 0 Å². The lowest BCUT2D eigenvalue weighted by Gasteiger charge is -2.15. The molecule has 1 aliphatic rings. The zero-order chi connectivity index (χ0) is 15.3. The fraction of sp³-hybridized carbons (Fsp3) is 0.833. The van der Waals surface area contributed by atoms with E-state index in [2.05, 4.69) is 10.0 Å². The van der Waals surface area contributed by atoms with Gasteiger partial charge in [-0.05, 0) is 25.8 Å². The van der Waals surface area contributed by atoms with Crippen LogP contribution < -0.4 is 10.0 Å². The second-order valence-electron chi connectivity index (χ2n) is 5.11. The molecule has 7 nitrogen and oxygen atoms in total. The summed E-state index contributed by atoms with van der Waals surface area (Å²) in [7, 11) is -2.06. The molecule has 0 bridgehead atoms. The minimum Gasteiger partial charge on any atom is -0.481 e. The van der Waals surface area contributed by atoms with Crippen LogP contribution in [0.3, 0.4) is 0 Å². The molecule has 1 unspecified atom stereocenters. The van der Waals surface area contributed by atoms with Crippen molar-refractivity contribution in [1.82, 2.24) is 10.0 Å². The minimum absolute atomic E-state index is 0.0123. The number of hydrogen-bond donors (Lipinski definition) is 3. The van der Waals surface area contributed by atoms with Crippen LogP contribution in [0.5, 0.6) is 0 Å². The molecule has 8 heteroatoms. The van der Waals surface area contributed by atoms with E-state index in [0.29, 0.717) is 12.8 Å². The van der Waals surface area contributed by atoms with Crippen LogP contribution >= 0.6 is 0 Å². The van der Waals surface area contributed by atoms with Gasteiger partial charge in [0.15, 0.2) is 0 Å². The van der Waals surface area contributed by atoms with E-state index >= 15 is 0 Å². The first-order valence-electron chi connectivity index (χ1n) is 6.72. The summed E-state index contributed by atoms with van der Waals surface area (Å²) in [6.45, 7) is 1.96. The minimum atomic E-state index is -3.37. The number of amides is 1. The number of carboxylic acid groups (broad SMARTS) is 1. The monoisotopic (exact) mass is 306 g/mol. The van der Waals surface area contributed by atoms with Gasteiger partial charge in [0.25, 0.3) is 0 Å². The van der Waals surface area contributed by atoms with Crippen molar-refractivity contribution in [3.05, 3.63) is 0 Å². The molecule has 1 fully saturated rings. The predicted molar refractivity (Wildman–Crippen MR) is 73.5 cm³/mol. The van der Waals surface area contributed by atoms with Crippen LogP contribution in [0.2, 0.25) is 0 Å². The van der Waals surface area contributed by atoms with Crippen LogP contribution in [0.25, 0.3) is 0 Å². The maximum atomic E-state index is 12.0. The van der Waals surface area contributed by atoms with Crippen LogP contribution in [0.15, 0.2) is 0 Å². The molecule has 0 aromatic heterocycles. The third-order valence-electron chi connectivity index (χ3n) is 3.87. The fourth-order valence-electron chi connectivity index (χ4n) is 2.58. The Morgan fingerprint density at radius 1 is 1.25 bits per heavy atom. The van der Waals surface area contributed by atoms with Crippen molar-refractivity contribution >= 4 is 21.9 Å². The Morgan fingerprint density at radius 3 is 2.35 bits per heavy atom. The molecule has 0 heterocycles. The van der Waals surface area contributed by atoms with E-state index in [1.807, 2.05) is 6.92 Å². The van der Waals surface area contributed by atoms with Gasteiger partial charge in [-0.15, -0.1) is 0 Å². The molecule has 0 aromatic carbocycles. The number of carbonyl (C=O) groups is 2. The summed E-state index contributed by atoms with van der Waals surface area (Å²) in [6, 6.07) is 0. The second kappa shape index (κ2) is 7.03. The Balaban J connectivity index is 2.55. The second-order valence-corrected chi connectivity index (χ2v) is 7.16. The number of carboxylic acids is 1. The number of nitrogens with one attached hydrogen (secondary N) is 2. The van der Waals surface area contributed by atoms with Gasteiger partial charge in [-0.1, -0.05) is 13.3 Å². The van der Waals surface area contributed by atoms with E-state index < -0.39 is 27.8 Å². The Morgan fingerprint density at radius 2 is 1.85 bits per heavy atom. The molecule has 0 spiro atoms. The van der Waals surface area contributed by atoms with Crippen molar-refractivity contribution in [3.8, 4) is 0 Å². The zero-order valence-electron chi connectivity index (χ0n) is 11.8. The Hall–Kier alpha value is -1.15. The average Bonchev–Trinajstić information content (AvgIpc) is 2.83. The maximum absolute atomic E-state index is 12.0. The summed E-state index contributed by atoms with van der Waals surface area (Å²) < 4.78 is 24.6. The topological polar surface area (TPSA) is 113 Å². The van der Waals surface area contributed by atoms with E-state index in [4.69, 9.17) is 5.11 Å². The molecule has 1 aliphatic carbocycles. The highest BCUT2D eigenvalue weighted by molar-refractivity contribution is 7.89. The fourth-order valence-corrected chi connectivity index (χ4v) is 3.16. The molecule has 116 valence electrons. The van der Waals surface area contributed by atoms with Gasteiger partial charge in [-0.2, -0.15) is 0 Å². The summed E-state index contributed by atoms with van der Waals surface area (Å²) in [5.41, 5.74) is 0. The molecule has 3 atom stereocenters. The number of hydrogen-bond acceptors (Lipinski definition) is 4. The standard InChI is InChI=1S/C12H22N2O5S/c1-3-8-6-9(10(7-8)12(16)17)11(15)14-4-5-20(18,19)13-2/h8-10,13H,3-7H2,1-2H3,(H,14,15)(H,16,17)/t8?,9-,10+/m0/s1. The molecule has 0 aromatic rings. The Bertz CT molecular complexity index is 462. The normalized spacial score (nSPS) is 26.4. The van der Waals surface area contributed by atoms with Crippen LogP contribution in [0.4, 0.5) is 0 Å². The zero-order valence-corrected chi connectivity index (χ0v) is 12.6. The highest BCUT2D eigenvalue weighted by Crippen LogP contribution is 2.38. The highest BCUT2D eigenvalue weighted by atomic mass is 32.2. The lowest BCUT2D eigenvalue weighted by molar-refractivity contribution is -0.146. The third kappa shape index (κ3) is 4.45. The molecule has 20 heavy (non-hydrogen) atoms. The quantitative estimate of drug-likeness (QED) is 0.602. The van der Waals surface area contributed by atoms with E-state index in [0.717, 1.165) is 6.42 Å². The van der Waals surface area contributed by atoms with E-state index in [9.17, 15) is 18.0 Å². The van der Waals surface area contributed by atoms with Gasteiger partial charge in [0.2, 0.25) is 15.9 Å². The first kappa shape index (κ1) is 16.9. The third-order valence-corrected chi connectivity index (χ3v) is 5.24. The number of aliphatic carboxylic acids is 1. The molecular weight excluding hydrogens is 284 g/mol. The molecule has 1 amide bonds. The van der Waals surface area contributed by atoms with Crippen LogP contribution in [-0.2, 0) is 19.6 Å². The largest absolute Gasteiger partial charge is 0.481 e. The summed E-state index contributed by atoms with van der Waals surface area (Å²) in [6.07, 6.45) is 1.92. The van der Waals surface area contributed by atoms with Gasteiger partial charge in [0.05, 0.1) is 17.6 Å². The molecule has 0 radical (unpaired) electrons. The van der Waals surface area contributed by atoms with Crippen molar-refractivity contribution < 1.29 is 23.1 Å². The van der Waals surface area contributed by atoms with Crippen LogP contribution in [0, 0.1) is 17.8 Å². The Kier molecular flexibility index (Phi) is 5.94. The number of rotatable bonds is 7. The smallest absolute Gasteiger partial charge is 0.307 e. The van der Waals surface area contributed by atoms with E-state index in [-0.39, 0.29) is 24.1 Å². The first-order chi connectivity index (χ1) is 9.30. The van der Waals surface area contributed by atoms with Gasteiger partial charge < -0.3 is 10.4 Å². The van der Waals surface area contributed by atoms with Crippen molar-refractivity contribution in [2.45, 2.75) is 26.2 Å². The lowest BCUT2D eigenvalue weighted by Crippen LogP contribution is -2.38. The summed E-state index contributed by atoms with van der Waals surface area (Å²) in [5.74, 6) is -2.51. The van der Waals surface area contributed by atoms with Crippen molar-refractivity contribution in [2.75, 3.05) is 19.3 Å². The first-order valence-corrected chi connectivity index (χ1v) is 8.37. The van der Waals surface area contributed by atoms with Crippen molar-refractivity contribution in [2.24, 2.45) is 17.8 Å². The number of sulfonamides is 1. The average molecular weight is 306 g/mol. The molecule has 0 aliphatic heterocycles. The van der Waals surface area contributed by atoms with Gasteiger partial charge in [0.1, 0.15) is 0 Å². The molecule has 3 N–H and O–H groups in total. The maximum Gasteiger partial charge on any atom is 0.307 e. The lowest BCUT2D eigenvalue weighted by atomic mass is 9.95. The van der Waals surface area contributed by atoms with Crippen LogP contribution in [-0.4, -0.2) is 44.7 Å². The predicted octanol–water partition coefficient (Wildman–Crippen LogP) is -0.211. The Labute approximate surface area is 119 Å². The molecule has 1 rings (SSSR count). The summed E-state index contributed by atoms with van der Waals surface area (Å²) in [5, 5.41) is 11.7. The van der Waals surface area contributed by atoms with Gasteiger partial charge in [-0.3, -0.25) is 9.59 Å². The number of carbonyl (C=O) groups excluding carboxylic acids is 1. The van der Waals surface area contributed by atoms with E-state index in [1.165, 1.54) is 7.05 Å². The van der Waals surface area contributed by atoms with Crippen molar-refractivity contribution in [1.29, 1.82) is 0 Å². The highest BCUT2D eigenvalue weighted by Gasteiger charge is 2.41. The summed E-state index contributed by atoms with van der Waals surface area (Å²) >= 11 is 0. The van der Waals surface area contributed by atoms with Gasteiger partial charge >= 0.3 is 5.97 Å².